The normalized spacial score (nSPS) is 13.4. The highest BCUT2D eigenvalue weighted by Crippen LogP contribution is 2.17. The monoisotopic (exact) mass is 299 g/mol. The molecule has 0 aromatic heterocycles. The average Bonchev–Trinajstić information content (AvgIpc) is 2.29. The van der Waals surface area contributed by atoms with E-state index >= 15 is 0 Å². The second kappa shape index (κ2) is 9.81. The third kappa shape index (κ3) is 9.49. The Bertz CT molecular complexity index is 254. The maximum absolute atomic E-state index is 2.63. The lowest BCUT2D eigenvalue weighted by Gasteiger charge is -2.39. The molecule has 0 rings (SSSR count). The van der Waals surface area contributed by atoms with E-state index in [0.29, 0.717) is 12.1 Å². The summed E-state index contributed by atoms with van der Waals surface area (Å²) in [6.07, 6.45) is 2.52. The fourth-order valence-electron chi connectivity index (χ4n) is 3.03. The zero-order valence-electron chi connectivity index (χ0n) is 16.2. The van der Waals surface area contributed by atoms with E-state index in [0.717, 1.165) is 0 Å². The van der Waals surface area contributed by atoms with Gasteiger partial charge >= 0.3 is 0 Å². The standard InChI is InChI=1S/C18H41N3/c1-16(2)20(13-10-12-19(8)9)14-11-15-21(17(3)4)18(5,6)7/h16-17H,10-15H2,1-9H3. The van der Waals surface area contributed by atoms with Crippen molar-refractivity contribution in [1.82, 2.24) is 14.7 Å². The molecule has 0 radical (unpaired) electrons. The number of rotatable bonds is 10. The van der Waals surface area contributed by atoms with Gasteiger partial charge in [-0.2, -0.15) is 0 Å². The fraction of sp³-hybridized carbons (Fsp3) is 1.00. The van der Waals surface area contributed by atoms with Gasteiger partial charge in [0.1, 0.15) is 0 Å². The van der Waals surface area contributed by atoms with Crippen molar-refractivity contribution in [2.75, 3.05) is 40.3 Å². The van der Waals surface area contributed by atoms with E-state index in [9.17, 15) is 0 Å². The van der Waals surface area contributed by atoms with Crippen molar-refractivity contribution in [3.8, 4) is 0 Å². The van der Waals surface area contributed by atoms with Gasteiger partial charge in [-0.1, -0.05) is 0 Å². The van der Waals surface area contributed by atoms with Gasteiger partial charge in [-0.25, -0.2) is 0 Å². The summed E-state index contributed by atoms with van der Waals surface area (Å²) in [7, 11) is 4.31. The summed E-state index contributed by atoms with van der Waals surface area (Å²) in [5, 5.41) is 0. The molecule has 0 N–H and O–H groups in total. The van der Waals surface area contributed by atoms with E-state index in [-0.39, 0.29) is 5.54 Å². The van der Waals surface area contributed by atoms with Crippen molar-refractivity contribution >= 4 is 0 Å². The quantitative estimate of drug-likeness (QED) is 0.611. The fourth-order valence-corrected chi connectivity index (χ4v) is 3.03. The summed E-state index contributed by atoms with van der Waals surface area (Å²) in [6, 6.07) is 1.26. The second-order valence-electron chi connectivity index (χ2n) is 8.10. The van der Waals surface area contributed by atoms with Crippen LogP contribution in [0.2, 0.25) is 0 Å². The van der Waals surface area contributed by atoms with Crippen LogP contribution in [0.1, 0.15) is 61.3 Å². The van der Waals surface area contributed by atoms with Crippen LogP contribution in [0.3, 0.4) is 0 Å². The Balaban J connectivity index is 4.23. The largest absolute Gasteiger partial charge is 0.309 e. The predicted molar refractivity (Wildman–Crippen MR) is 96.1 cm³/mol. The molecule has 0 amide bonds. The summed E-state index contributed by atoms with van der Waals surface area (Å²) < 4.78 is 0. The first-order valence-electron chi connectivity index (χ1n) is 8.71. The van der Waals surface area contributed by atoms with Gasteiger partial charge in [0, 0.05) is 24.2 Å². The maximum atomic E-state index is 2.63. The summed E-state index contributed by atoms with van der Waals surface area (Å²) >= 11 is 0. The van der Waals surface area contributed by atoms with Crippen LogP contribution in [0, 0.1) is 0 Å². The second-order valence-corrected chi connectivity index (χ2v) is 8.10. The molecule has 0 bridgehead atoms. The molecule has 3 heteroatoms. The van der Waals surface area contributed by atoms with E-state index in [1.165, 1.54) is 39.0 Å². The minimum Gasteiger partial charge on any atom is -0.309 e. The van der Waals surface area contributed by atoms with Gasteiger partial charge in [0.05, 0.1) is 0 Å². The third-order valence-electron chi connectivity index (χ3n) is 4.11. The highest BCUT2D eigenvalue weighted by Gasteiger charge is 2.23. The first-order chi connectivity index (χ1) is 9.55. The van der Waals surface area contributed by atoms with Crippen LogP contribution in [0.5, 0.6) is 0 Å². The van der Waals surface area contributed by atoms with Gasteiger partial charge in [-0.05, 0) is 95.0 Å². The molecular weight excluding hydrogens is 258 g/mol. The Morgan fingerprint density at radius 3 is 1.52 bits per heavy atom. The zero-order valence-corrected chi connectivity index (χ0v) is 16.2. The van der Waals surface area contributed by atoms with E-state index in [1.54, 1.807) is 0 Å². The van der Waals surface area contributed by atoms with Crippen molar-refractivity contribution in [2.45, 2.75) is 78.9 Å². The van der Waals surface area contributed by atoms with Gasteiger partial charge < -0.3 is 9.80 Å². The van der Waals surface area contributed by atoms with E-state index in [2.05, 4.69) is 77.3 Å². The molecule has 0 saturated carbocycles. The van der Waals surface area contributed by atoms with E-state index in [1.807, 2.05) is 0 Å². The minimum atomic E-state index is 0.266. The van der Waals surface area contributed by atoms with E-state index < -0.39 is 0 Å². The predicted octanol–water partition coefficient (Wildman–Crippen LogP) is 3.55. The molecule has 21 heavy (non-hydrogen) atoms. The Morgan fingerprint density at radius 2 is 1.19 bits per heavy atom. The van der Waals surface area contributed by atoms with Crippen molar-refractivity contribution < 1.29 is 0 Å². The highest BCUT2D eigenvalue weighted by atomic mass is 15.2. The van der Waals surface area contributed by atoms with Gasteiger partial charge in [0.25, 0.3) is 0 Å². The summed E-state index contributed by atoms with van der Waals surface area (Å²) in [4.78, 5) is 7.52. The number of hydrogen-bond acceptors (Lipinski definition) is 3. The first-order valence-corrected chi connectivity index (χ1v) is 8.71. The van der Waals surface area contributed by atoms with Crippen molar-refractivity contribution in [3.63, 3.8) is 0 Å². The first kappa shape index (κ1) is 20.9. The summed E-state index contributed by atoms with van der Waals surface area (Å²) in [5.74, 6) is 0. The van der Waals surface area contributed by atoms with Crippen LogP contribution in [-0.4, -0.2) is 72.6 Å². The SMILES string of the molecule is CC(C)N(CCCN(C)C)CCCN(C(C)C)C(C)(C)C. The Kier molecular flexibility index (Phi) is 9.75. The van der Waals surface area contributed by atoms with Crippen LogP contribution < -0.4 is 0 Å². The third-order valence-corrected chi connectivity index (χ3v) is 4.11. The van der Waals surface area contributed by atoms with Crippen LogP contribution in [0.4, 0.5) is 0 Å². The van der Waals surface area contributed by atoms with Crippen molar-refractivity contribution in [1.29, 1.82) is 0 Å². The molecule has 0 heterocycles. The molecule has 0 saturated heterocycles. The van der Waals surface area contributed by atoms with Gasteiger partial charge in [-0.3, -0.25) is 4.90 Å². The zero-order chi connectivity index (χ0) is 16.6. The number of nitrogens with zero attached hydrogens (tertiary/aromatic N) is 3. The van der Waals surface area contributed by atoms with Crippen molar-refractivity contribution in [3.05, 3.63) is 0 Å². The Hall–Kier alpha value is -0.120. The van der Waals surface area contributed by atoms with E-state index in [4.69, 9.17) is 0 Å². The molecule has 0 spiro atoms. The summed E-state index contributed by atoms with van der Waals surface area (Å²) in [6.45, 7) is 21.0. The molecule has 0 aliphatic rings. The molecule has 0 fully saturated rings. The molecular formula is C18H41N3. The molecule has 3 nitrogen and oxygen atoms in total. The summed E-state index contributed by atoms with van der Waals surface area (Å²) in [5.41, 5.74) is 0.266. The van der Waals surface area contributed by atoms with Gasteiger partial charge in [0.15, 0.2) is 0 Å². The molecule has 128 valence electrons. The lowest BCUT2D eigenvalue weighted by atomic mass is 10.0. The molecule has 0 aromatic carbocycles. The molecule has 0 aliphatic carbocycles. The van der Waals surface area contributed by atoms with Crippen LogP contribution in [0.25, 0.3) is 0 Å². The highest BCUT2D eigenvalue weighted by molar-refractivity contribution is 4.79. The molecule has 0 aromatic rings. The maximum Gasteiger partial charge on any atom is 0.0127 e. The topological polar surface area (TPSA) is 9.72 Å². The Morgan fingerprint density at radius 1 is 0.714 bits per heavy atom. The Labute approximate surface area is 134 Å². The lowest BCUT2D eigenvalue weighted by Crippen LogP contribution is -2.47. The van der Waals surface area contributed by atoms with Gasteiger partial charge in [-0.15, -0.1) is 0 Å². The molecule has 0 aliphatic heterocycles. The van der Waals surface area contributed by atoms with Crippen LogP contribution in [0.15, 0.2) is 0 Å². The average molecular weight is 300 g/mol. The molecule has 0 unspecified atom stereocenters. The molecule has 0 atom stereocenters. The minimum absolute atomic E-state index is 0.266. The van der Waals surface area contributed by atoms with Gasteiger partial charge in [0.2, 0.25) is 0 Å². The smallest absolute Gasteiger partial charge is 0.0127 e. The van der Waals surface area contributed by atoms with Crippen LogP contribution in [-0.2, 0) is 0 Å². The lowest BCUT2D eigenvalue weighted by molar-refractivity contribution is 0.0893. The van der Waals surface area contributed by atoms with Crippen molar-refractivity contribution in [2.24, 2.45) is 0 Å². The van der Waals surface area contributed by atoms with Crippen LogP contribution >= 0.6 is 0 Å². The number of hydrogen-bond donors (Lipinski definition) is 0.